The van der Waals surface area contributed by atoms with E-state index in [0.717, 1.165) is 37.9 Å². The molecule has 4 bridgehead atoms. The number of benzene rings is 1. The topological polar surface area (TPSA) is 64.3 Å². The summed E-state index contributed by atoms with van der Waals surface area (Å²) in [6.45, 7) is 0. The smallest absolute Gasteiger partial charge is 0.251 e. The Balaban J connectivity index is 1.53. The maximum absolute atomic E-state index is 12.6. The summed E-state index contributed by atoms with van der Waals surface area (Å²) in [4.78, 5) is 12.6. The standard InChI is InChI=1S/C18H24N2O2/c1-22-15-4-2-14(3-5-15)16(21)20-18-9-12-6-13(10-18)8-17(19,7-12)11-18/h2-5,12-13H,6-11,19H2,1H3,(H,20,21). The average molecular weight is 300 g/mol. The Morgan fingerprint density at radius 1 is 1.18 bits per heavy atom. The maximum atomic E-state index is 12.6. The lowest BCUT2D eigenvalue weighted by molar-refractivity contribution is -0.0320. The Morgan fingerprint density at radius 2 is 1.82 bits per heavy atom. The summed E-state index contributed by atoms with van der Waals surface area (Å²) >= 11 is 0. The molecule has 4 saturated carbocycles. The van der Waals surface area contributed by atoms with E-state index >= 15 is 0 Å². The van der Waals surface area contributed by atoms with Crippen LogP contribution in [0.1, 0.15) is 48.9 Å². The van der Waals surface area contributed by atoms with Gasteiger partial charge in [0, 0.05) is 16.6 Å². The molecule has 4 fully saturated rings. The van der Waals surface area contributed by atoms with Gasteiger partial charge in [0.05, 0.1) is 7.11 Å². The van der Waals surface area contributed by atoms with Crippen molar-refractivity contribution < 1.29 is 9.53 Å². The first-order valence-electron chi connectivity index (χ1n) is 8.25. The number of rotatable bonds is 3. The molecule has 118 valence electrons. The summed E-state index contributed by atoms with van der Waals surface area (Å²) in [7, 11) is 1.63. The van der Waals surface area contributed by atoms with Gasteiger partial charge in [-0.05, 0) is 74.6 Å². The van der Waals surface area contributed by atoms with Crippen LogP contribution in [-0.4, -0.2) is 24.1 Å². The minimum atomic E-state index is -0.0736. The van der Waals surface area contributed by atoms with Gasteiger partial charge in [0.2, 0.25) is 0 Å². The van der Waals surface area contributed by atoms with Crippen LogP contribution >= 0.6 is 0 Å². The molecule has 1 amide bonds. The molecule has 22 heavy (non-hydrogen) atoms. The second kappa shape index (κ2) is 4.72. The van der Waals surface area contributed by atoms with E-state index in [0.29, 0.717) is 17.4 Å². The quantitative estimate of drug-likeness (QED) is 0.901. The third kappa shape index (κ3) is 2.30. The lowest BCUT2D eigenvalue weighted by atomic mass is 9.50. The predicted octanol–water partition coefficient (Wildman–Crippen LogP) is 2.48. The Morgan fingerprint density at radius 3 is 2.36 bits per heavy atom. The van der Waals surface area contributed by atoms with Crippen LogP contribution in [-0.2, 0) is 0 Å². The summed E-state index contributed by atoms with van der Waals surface area (Å²) in [6.07, 6.45) is 6.73. The number of carbonyl (C=O) groups is 1. The van der Waals surface area contributed by atoms with Crippen molar-refractivity contribution in [2.75, 3.05) is 7.11 Å². The highest BCUT2D eigenvalue weighted by atomic mass is 16.5. The van der Waals surface area contributed by atoms with Crippen molar-refractivity contribution >= 4 is 5.91 Å². The zero-order valence-corrected chi connectivity index (χ0v) is 13.1. The van der Waals surface area contributed by atoms with Gasteiger partial charge in [0.15, 0.2) is 0 Å². The molecular formula is C18H24N2O2. The highest BCUT2D eigenvalue weighted by molar-refractivity contribution is 5.94. The molecule has 0 saturated heterocycles. The Bertz CT molecular complexity index is 582. The number of ether oxygens (including phenoxy) is 1. The Hall–Kier alpha value is -1.55. The summed E-state index contributed by atoms with van der Waals surface area (Å²) in [5, 5.41) is 3.34. The summed E-state index contributed by atoms with van der Waals surface area (Å²) in [5.74, 6) is 2.19. The number of amides is 1. The summed E-state index contributed by atoms with van der Waals surface area (Å²) < 4.78 is 5.15. The van der Waals surface area contributed by atoms with E-state index in [-0.39, 0.29) is 17.0 Å². The van der Waals surface area contributed by atoms with Crippen molar-refractivity contribution in [3.05, 3.63) is 29.8 Å². The molecule has 2 unspecified atom stereocenters. The van der Waals surface area contributed by atoms with Gasteiger partial charge in [-0.2, -0.15) is 0 Å². The van der Waals surface area contributed by atoms with E-state index in [1.807, 2.05) is 24.3 Å². The predicted molar refractivity (Wildman–Crippen MR) is 84.8 cm³/mol. The minimum absolute atomic E-state index is 0.0215. The number of hydrogen-bond donors (Lipinski definition) is 2. The SMILES string of the molecule is COc1ccc(C(=O)NC23CC4CC(CC(N)(C4)C2)C3)cc1. The molecule has 4 nitrogen and oxygen atoms in total. The van der Waals surface area contributed by atoms with Gasteiger partial charge in [0.25, 0.3) is 5.91 Å². The summed E-state index contributed by atoms with van der Waals surface area (Å²) in [5.41, 5.74) is 7.17. The fourth-order valence-electron chi connectivity index (χ4n) is 5.53. The highest BCUT2D eigenvalue weighted by Crippen LogP contribution is 2.56. The second-order valence-corrected chi connectivity index (χ2v) is 7.79. The summed E-state index contributed by atoms with van der Waals surface area (Å²) in [6, 6.07) is 7.32. The van der Waals surface area contributed by atoms with Crippen molar-refractivity contribution in [3.8, 4) is 5.75 Å². The van der Waals surface area contributed by atoms with E-state index in [4.69, 9.17) is 10.5 Å². The lowest BCUT2D eigenvalue weighted by Crippen LogP contribution is -2.68. The highest BCUT2D eigenvalue weighted by Gasteiger charge is 2.56. The zero-order valence-electron chi connectivity index (χ0n) is 13.1. The number of carbonyl (C=O) groups excluding carboxylic acids is 1. The first-order chi connectivity index (χ1) is 10.5. The van der Waals surface area contributed by atoms with E-state index in [9.17, 15) is 4.79 Å². The van der Waals surface area contributed by atoms with Gasteiger partial charge in [-0.25, -0.2) is 0 Å². The van der Waals surface area contributed by atoms with E-state index in [1.165, 1.54) is 6.42 Å². The molecule has 4 aliphatic rings. The lowest BCUT2D eigenvalue weighted by Gasteiger charge is -2.61. The van der Waals surface area contributed by atoms with Crippen LogP contribution in [0, 0.1) is 11.8 Å². The zero-order chi connectivity index (χ0) is 15.4. The van der Waals surface area contributed by atoms with Gasteiger partial charge in [-0.15, -0.1) is 0 Å². The first-order valence-corrected chi connectivity index (χ1v) is 8.25. The molecule has 5 rings (SSSR count). The van der Waals surface area contributed by atoms with Crippen LogP contribution < -0.4 is 15.8 Å². The van der Waals surface area contributed by atoms with Crippen molar-refractivity contribution in [1.29, 1.82) is 0 Å². The normalized spacial score (nSPS) is 38.8. The fourth-order valence-corrected chi connectivity index (χ4v) is 5.53. The van der Waals surface area contributed by atoms with E-state index < -0.39 is 0 Å². The molecule has 1 aromatic rings. The first kappa shape index (κ1) is 14.1. The Labute approximate surface area is 131 Å². The monoisotopic (exact) mass is 300 g/mol. The van der Waals surface area contributed by atoms with Crippen LogP contribution in [0.2, 0.25) is 0 Å². The molecule has 2 atom stereocenters. The Kier molecular flexibility index (Phi) is 3.02. The van der Waals surface area contributed by atoms with Crippen LogP contribution in [0.25, 0.3) is 0 Å². The van der Waals surface area contributed by atoms with Crippen molar-refractivity contribution in [2.24, 2.45) is 17.6 Å². The van der Waals surface area contributed by atoms with Gasteiger partial charge >= 0.3 is 0 Å². The van der Waals surface area contributed by atoms with Crippen LogP contribution in [0.15, 0.2) is 24.3 Å². The van der Waals surface area contributed by atoms with Crippen LogP contribution in [0.4, 0.5) is 0 Å². The average Bonchev–Trinajstić information content (AvgIpc) is 2.44. The largest absolute Gasteiger partial charge is 0.497 e. The molecule has 0 aliphatic heterocycles. The molecule has 0 heterocycles. The molecule has 0 aromatic heterocycles. The number of nitrogens with one attached hydrogen (secondary N) is 1. The molecule has 4 aliphatic carbocycles. The molecule has 4 heteroatoms. The van der Waals surface area contributed by atoms with Crippen molar-refractivity contribution in [2.45, 2.75) is 49.6 Å². The van der Waals surface area contributed by atoms with Crippen molar-refractivity contribution in [1.82, 2.24) is 5.32 Å². The van der Waals surface area contributed by atoms with Gasteiger partial charge < -0.3 is 15.8 Å². The second-order valence-electron chi connectivity index (χ2n) is 7.79. The van der Waals surface area contributed by atoms with Crippen LogP contribution in [0.5, 0.6) is 5.75 Å². The molecule has 1 aromatic carbocycles. The van der Waals surface area contributed by atoms with Gasteiger partial charge in [-0.3, -0.25) is 4.79 Å². The molecule has 3 N–H and O–H groups in total. The number of hydrogen-bond acceptors (Lipinski definition) is 3. The minimum Gasteiger partial charge on any atom is -0.497 e. The number of methoxy groups -OCH3 is 1. The van der Waals surface area contributed by atoms with E-state index in [1.54, 1.807) is 7.11 Å². The van der Waals surface area contributed by atoms with Gasteiger partial charge in [-0.1, -0.05) is 0 Å². The molecular weight excluding hydrogens is 276 g/mol. The third-order valence-electron chi connectivity index (χ3n) is 5.84. The fraction of sp³-hybridized carbons (Fsp3) is 0.611. The van der Waals surface area contributed by atoms with Gasteiger partial charge in [0.1, 0.15) is 5.75 Å². The molecule has 0 radical (unpaired) electrons. The van der Waals surface area contributed by atoms with Crippen molar-refractivity contribution in [3.63, 3.8) is 0 Å². The third-order valence-corrected chi connectivity index (χ3v) is 5.84. The maximum Gasteiger partial charge on any atom is 0.251 e. The van der Waals surface area contributed by atoms with Crippen LogP contribution in [0.3, 0.4) is 0 Å². The number of nitrogens with two attached hydrogens (primary N) is 1. The molecule has 0 spiro atoms. The van der Waals surface area contributed by atoms with E-state index in [2.05, 4.69) is 5.32 Å².